The van der Waals surface area contributed by atoms with Crippen molar-refractivity contribution in [1.82, 2.24) is 20.5 Å². The summed E-state index contributed by atoms with van der Waals surface area (Å²) in [6.45, 7) is 6.98. The van der Waals surface area contributed by atoms with Crippen molar-refractivity contribution in [2.24, 2.45) is 0 Å². The Balaban J connectivity index is 1.60. The van der Waals surface area contributed by atoms with Gasteiger partial charge in [-0.3, -0.25) is 0 Å². The molecule has 3 N–H and O–H groups in total. The lowest BCUT2D eigenvalue weighted by Crippen LogP contribution is -2.50. The fourth-order valence-electron chi connectivity index (χ4n) is 4.11. The number of hydrogen-bond acceptors (Lipinski definition) is 2. The number of fused-ring (bicyclic) bond motifs is 3. The molecule has 1 atom stereocenters. The molecule has 1 saturated heterocycles. The van der Waals surface area contributed by atoms with Crippen LogP contribution < -0.4 is 10.6 Å². The van der Waals surface area contributed by atoms with E-state index < -0.39 is 0 Å². The third-order valence-electron chi connectivity index (χ3n) is 5.28. The van der Waals surface area contributed by atoms with Crippen LogP contribution in [0.4, 0.5) is 4.79 Å². The average Bonchev–Trinajstić information content (AvgIpc) is 2.92. The molecule has 1 unspecified atom stereocenters. The molecular formula is C20H26N4O. The van der Waals surface area contributed by atoms with Gasteiger partial charge < -0.3 is 20.5 Å². The molecule has 0 aliphatic carbocycles. The van der Waals surface area contributed by atoms with E-state index in [-0.39, 0.29) is 17.5 Å². The number of piperidine rings is 1. The standard InChI is InChI=1S/C20H26N4O/c1-20(2)13-24(19(25)22-14-6-5-10-21-12-14)11-9-17-18(20)15-7-3-4-8-16(15)23-17/h3-4,7-9,11,14,21,23H,5-6,10,12-13H2,1-2H3,(H,22,25). The summed E-state index contributed by atoms with van der Waals surface area (Å²) >= 11 is 0. The van der Waals surface area contributed by atoms with Gasteiger partial charge in [0, 0.05) is 47.3 Å². The second kappa shape index (κ2) is 6.23. The molecule has 4 rings (SSSR count). The highest BCUT2D eigenvalue weighted by Gasteiger charge is 2.33. The number of amides is 2. The Morgan fingerprint density at radius 3 is 2.96 bits per heavy atom. The van der Waals surface area contributed by atoms with E-state index in [9.17, 15) is 4.79 Å². The fourth-order valence-corrected chi connectivity index (χ4v) is 4.11. The molecule has 132 valence electrons. The van der Waals surface area contributed by atoms with Gasteiger partial charge in [-0.05, 0) is 37.1 Å². The summed E-state index contributed by atoms with van der Waals surface area (Å²) in [6, 6.07) is 8.60. The van der Waals surface area contributed by atoms with Crippen molar-refractivity contribution < 1.29 is 4.79 Å². The van der Waals surface area contributed by atoms with Gasteiger partial charge in [0.1, 0.15) is 0 Å². The normalized spacial score (nSPS) is 22.5. The van der Waals surface area contributed by atoms with E-state index in [1.807, 2.05) is 23.2 Å². The number of urea groups is 1. The van der Waals surface area contributed by atoms with Crippen LogP contribution in [0.1, 0.15) is 37.9 Å². The summed E-state index contributed by atoms with van der Waals surface area (Å²) in [5, 5.41) is 7.76. The number of para-hydroxylation sites is 1. The number of H-pyrrole nitrogens is 1. The highest BCUT2D eigenvalue weighted by molar-refractivity contribution is 5.89. The summed E-state index contributed by atoms with van der Waals surface area (Å²) in [7, 11) is 0. The van der Waals surface area contributed by atoms with E-state index in [1.54, 1.807) is 0 Å². The number of aromatic amines is 1. The van der Waals surface area contributed by atoms with Crippen molar-refractivity contribution in [3.05, 3.63) is 41.7 Å². The molecule has 0 saturated carbocycles. The Morgan fingerprint density at radius 2 is 2.16 bits per heavy atom. The summed E-state index contributed by atoms with van der Waals surface area (Å²) in [5.74, 6) is 0. The number of aromatic nitrogens is 1. The predicted molar refractivity (Wildman–Crippen MR) is 101 cm³/mol. The summed E-state index contributed by atoms with van der Waals surface area (Å²) < 4.78 is 0. The van der Waals surface area contributed by atoms with E-state index in [1.165, 1.54) is 10.9 Å². The molecule has 0 spiro atoms. The minimum absolute atomic E-state index is 0.00696. The van der Waals surface area contributed by atoms with Gasteiger partial charge in [-0.1, -0.05) is 32.0 Å². The van der Waals surface area contributed by atoms with Crippen LogP contribution in [0.15, 0.2) is 30.5 Å². The van der Waals surface area contributed by atoms with Gasteiger partial charge in [0.05, 0.1) is 0 Å². The highest BCUT2D eigenvalue weighted by atomic mass is 16.2. The van der Waals surface area contributed by atoms with Crippen LogP contribution in [0.2, 0.25) is 0 Å². The first-order valence-corrected chi connectivity index (χ1v) is 9.12. The number of carbonyl (C=O) groups excluding carboxylic acids is 1. The number of nitrogens with zero attached hydrogens (tertiary/aromatic N) is 1. The first-order valence-electron chi connectivity index (χ1n) is 9.12. The smallest absolute Gasteiger partial charge is 0.321 e. The van der Waals surface area contributed by atoms with Crippen molar-refractivity contribution in [1.29, 1.82) is 0 Å². The van der Waals surface area contributed by atoms with Gasteiger partial charge in [-0.2, -0.15) is 0 Å². The minimum Gasteiger partial charge on any atom is -0.355 e. The van der Waals surface area contributed by atoms with Crippen molar-refractivity contribution in [2.45, 2.75) is 38.1 Å². The Hall–Kier alpha value is -2.27. The van der Waals surface area contributed by atoms with E-state index in [4.69, 9.17) is 0 Å². The third-order valence-corrected chi connectivity index (χ3v) is 5.28. The maximum absolute atomic E-state index is 12.8. The van der Waals surface area contributed by atoms with Crippen LogP contribution in [0.25, 0.3) is 17.0 Å². The topological polar surface area (TPSA) is 60.2 Å². The molecule has 2 aliphatic heterocycles. The first-order chi connectivity index (χ1) is 12.0. The van der Waals surface area contributed by atoms with Gasteiger partial charge in [0.15, 0.2) is 0 Å². The number of benzene rings is 1. The van der Waals surface area contributed by atoms with Crippen LogP contribution >= 0.6 is 0 Å². The van der Waals surface area contributed by atoms with E-state index in [0.29, 0.717) is 6.54 Å². The molecule has 2 amide bonds. The van der Waals surface area contributed by atoms with E-state index in [0.717, 1.165) is 37.1 Å². The Bertz CT molecular complexity index is 814. The molecule has 2 aromatic rings. The molecule has 2 aliphatic rings. The van der Waals surface area contributed by atoms with Crippen LogP contribution in [0, 0.1) is 0 Å². The second-order valence-corrected chi connectivity index (χ2v) is 7.78. The van der Waals surface area contributed by atoms with Crippen molar-refractivity contribution in [3.63, 3.8) is 0 Å². The average molecular weight is 338 g/mol. The van der Waals surface area contributed by atoms with Crippen LogP contribution in [-0.2, 0) is 5.41 Å². The monoisotopic (exact) mass is 338 g/mol. The number of carbonyl (C=O) groups is 1. The Morgan fingerprint density at radius 1 is 1.32 bits per heavy atom. The molecule has 25 heavy (non-hydrogen) atoms. The zero-order chi connectivity index (χ0) is 17.4. The molecular weight excluding hydrogens is 312 g/mol. The summed E-state index contributed by atoms with van der Waals surface area (Å²) in [6.07, 6.45) is 6.10. The zero-order valence-electron chi connectivity index (χ0n) is 14.9. The van der Waals surface area contributed by atoms with E-state index >= 15 is 0 Å². The summed E-state index contributed by atoms with van der Waals surface area (Å²) in [4.78, 5) is 18.1. The lowest BCUT2D eigenvalue weighted by Gasteiger charge is -2.32. The second-order valence-electron chi connectivity index (χ2n) is 7.78. The van der Waals surface area contributed by atoms with Crippen LogP contribution in [-0.4, -0.2) is 41.6 Å². The molecule has 0 radical (unpaired) electrons. The minimum atomic E-state index is -0.138. The Kier molecular flexibility index (Phi) is 4.04. The van der Waals surface area contributed by atoms with Gasteiger partial charge in [-0.15, -0.1) is 0 Å². The fraction of sp³-hybridized carbons (Fsp3) is 0.450. The number of rotatable bonds is 1. The largest absolute Gasteiger partial charge is 0.355 e. The molecule has 5 nitrogen and oxygen atoms in total. The van der Waals surface area contributed by atoms with Crippen molar-refractivity contribution in [2.75, 3.05) is 19.6 Å². The lowest BCUT2D eigenvalue weighted by atomic mass is 9.82. The number of nitrogens with one attached hydrogen (secondary N) is 3. The van der Waals surface area contributed by atoms with Gasteiger partial charge in [0.2, 0.25) is 0 Å². The van der Waals surface area contributed by atoms with Gasteiger partial charge in [0.25, 0.3) is 0 Å². The third kappa shape index (κ3) is 3.04. The zero-order valence-corrected chi connectivity index (χ0v) is 14.9. The maximum atomic E-state index is 12.8. The van der Waals surface area contributed by atoms with Crippen LogP contribution in [0.3, 0.4) is 0 Å². The first kappa shape index (κ1) is 16.2. The van der Waals surface area contributed by atoms with Gasteiger partial charge >= 0.3 is 6.03 Å². The van der Waals surface area contributed by atoms with Crippen molar-refractivity contribution >= 4 is 23.0 Å². The molecule has 1 aromatic heterocycles. The Labute approximate surface area is 148 Å². The van der Waals surface area contributed by atoms with E-state index in [2.05, 4.69) is 47.7 Å². The molecule has 0 bridgehead atoms. The molecule has 1 aromatic carbocycles. The predicted octanol–water partition coefficient (Wildman–Crippen LogP) is 3.19. The summed E-state index contributed by atoms with van der Waals surface area (Å²) in [5.41, 5.74) is 3.40. The quantitative estimate of drug-likeness (QED) is 0.748. The maximum Gasteiger partial charge on any atom is 0.321 e. The number of hydrogen-bond donors (Lipinski definition) is 3. The lowest BCUT2D eigenvalue weighted by molar-refractivity contribution is 0.200. The highest BCUT2D eigenvalue weighted by Crippen LogP contribution is 2.37. The molecule has 3 heterocycles. The molecule has 1 fully saturated rings. The van der Waals surface area contributed by atoms with Crippen molar-refractivity contribution in [3.8, 4) is 0 Å². The SMILES string of the molecule is CC1(C)CN(C(=O)NC2CCCNC2)C=Cc2[nH]c3ccccc3c21. The van der Waals surface area contributed by atoms with Gasteiger partial charge in [-0.25, -0.2) is 4.79 Å². The molecule has 5 heteroatoms. The van der Waals surface area contributed by atoms with Crippen LogP contribution in [0.5, 0.6) is 0 Å².